The summed E-state index contributed by atoms with van der Waals surface area (Å²) in [6, 6.07) is 0. The van der Waals surface area contributed by atoms with E-state index in [0.717, 1.165) is 6.42 Å². The van der Waals surface area contributed by atoms with Crippen LogP contribution in [-0.4, -0.2) is 10.3 Å². The van der Waals surface area contributed by atoms with E-state index in [1.807, 2.05) is 0 Å². The van der Waals surface area contributed by atoms with Crippen LogP contribution in [0.5, 0.6) is 0 Å². The van der Waals surface area contributed by atoms with E-state index in [1.54, 1.807) is 0 Å². The number of hydrogen-bond donors (Lipinski definition) is 2. The normalized spacial score (nSPS) is 56.7. The third-order valence-electron chi connectivity index (χ3n) is 2.86. The van der Waals surface area contributed by atoms with Crippen molar-refractivity contribution in [1.82, 2.24) is 0 Å². The lowest BCUT2D eigenvalue weighted by Gasteiger charge is -2.20. The van der Waals surface area contributed by atoms with E-state index in [2.05, 4.69) is 12.6 Å². The molecule has 0 spiro atoms. The molecule has 2 rings (SSSR count). The van der Waals surface area contributed by atoms with Gasteiger partial charge < -0.3 is 5.73 Å². The van der Waals surface area contributed by atoms with Gasteiger partial charge in [-0.3, -0.25) is 0 Å². The Morgan fingerprint density at radius 1 is 1.11 bits per heavy atom. The van der Waals surface area contributed by atoms with Gasteiger partial charge in [0.2, 0.25) is 0 Å². The predicted molar refractivity (Wildman–Crippen MR) is 41.7 cm³/mol. The zero-order chi connectivity index (χ0) is 6.54. The standard InChI is InChI=1S/C7H13NS/c8-6-1-3-7(9,5-6)4-2-6/h9H,1-5,8H2. The lowest BCUT2D eigenvalue weighted by molar-refractivity contribution is 0.424. The number of nitrogens with two attached hydrogens (primary N) is 1. The SMILES string of the molecule is NC12CCC(S)(CC1)C2. The van der Waals surface area contributed by atoms with Crippen LogP contribution in [0.1, 0.15) is 32.1 Å². The van der Waals surface area contributed by atoms with Crippen LogP contribution in [0.25, 0.3) is 0 Å². The largest absolute Gasteiger partial charge is 0.325 e. The number of thiol groups is 1. The molecule has 2 bridgehead atoms. The molecule has 52 valence electrons. The highest BCUT2D eigenvalue weighted by molar-refractivity contribution is 7.81. The molecule has 0 amide bonds. The molecule has 2 heteroatoms. The summed E-state index contributed by atoms with van der Waals surface area (Å²) in [5.41, 5.74) is 6.23. The molecule has 0 aromatic carbocycles. The molecule has 0 aromatic rings. The third-order valence-corrected chi connectivity index (χ3v) is 3.46. The molecule has 9 heavy (non-hydrogen) atoms. The molecule has 2 N–H and O–H groups in total. The Hall–Kier alpha value is 0.310. The highest BCUT2D eigenvalue weighted by atomic mass is 32.1. The van der Waals surface area contributed by atoms with Crippen molar-refractivity contribution in [2.24, 2.45) is 5.73 Å². The quantitative estimate of drug-likeness (QED) is 0.492. The maximum absolute atomic E-state index is 6.04. The zero-order valence-corrected chi connectivity index (χ0v) is 6.45. The van der Waals surface area contributed by atoms with Crippen LogP contribution in [0.3, 0.4) is 0 Å². The Kier molecular flexibility index (Phi) is 0.996. The topological polar surface area (TPSA) is 26.0 Å². The Bertz CT molecular complexity index is 120. The summed E-state index contributed by atoms with van der Waals surface area (Å²) in [6.45, 7) is 0. The summed E-state index contributed by atoms with van der Waals surface area (Å²) in [4.78, 5) is 0. The first-order valence-corrected chi connectivity index (χ1v) is 4.08. The molecule has 0 atom stereocenters. The summed E-state index contributed by atoms with van der Waals surface area (Å²) >= 11 is 4.60. The second kappa shape index (κ2) is 1.48. The highest BCUT2D eigenvalue weighted by Gasteiger charge is 2.49. The van der Waals surface area contributed by atoms with Gasteiger partial charge in [0.25, 0.3) is 0 Å². The number of rotatable bonds is 0. The number of hydrogen-bond acceptors (Lipinski definition) is 2. The van der Waals surface area contributed by atoms with Gasteiger partial charge in [0.1, 0.15) is 0 Å². The van der Waals surface area contributed by atoms with Gasteiger partial charge in [-0.15, -0.1) is 0 Å². The maximum Gasteiger partial charge on any atom is 0.0168 e. The van der Waals surface area contributed by atoms with Crippen LogP contribution >= 0.6 is 12.6 Å². The van der Waals surface area contributed by atoms with Crippen molar-refractivity contribution in [3.63, 3.8) is 0 Å². The molecule has 0 heterocycles. The Labute approximate surface area is 61.4 Å². The second-order valence-corrected chi connectivity index (χ2v) is 4.71. The first kappa shape index (κ1) is 6.05. The molecule has 0 unspecified atom stereocenters. The van der Waals surface area contributed by atoms with E-state index in [-0.39, 0.29) is 5.54 Å². The van der Waals surface area contributed by atoms with E-state index in [9.17, 15) is 0 Å². The molecular formula is C7H13NS. The molecule has 2 aliphatic rings. The summed E-state index contributed by atoms with van der Waals surface area (Å²) in [7, 11) is 0. The van der Waals surface area contributed by atoms with Crippen molar-refractivity contribution in [3.05, 3.63) is 0 Å². The van der Waals surface area contributed by atoms with E-state index >= 15 is 0 Å². The fraction of sp³-hybridized carbons (Fsp3) is 1.00. The van der Waals surface area contributed by atoms with Crippen LogP contribution in [0, 0.1) is 0 Å². The molecule has 2 saturated carbocycles. The van der Waals surface area contributed by atoms with Gasteiger partial charge >= 0.3 is 0 Å². The van der Waals surface area contributed by atoms with E-state index < -0.39 is 0 Å². The minimum absolute atomic E-state index is 0.196. The Morgan fingerprint density at radius 2 is 1.67 bits per heavy atom. The molecule has 0 radical (unpaired) electrons. The van der Waals surface area contributed by atoms with Gasteiger partial charge in [-0.25, -0.2) is 0 Å². The van der Waals surface area contributed by atoms with Crippen molar-refractivity contribution in [1.29, 1.82) is 0 Å². The van der Waals surface area contributed by atoms with E-state index in [0.29, 0.717) is 4.75 Å². The summed E-state index contributed by atoms with van der Waals surface area (Å²) in [5.74, 6) is 0. The smallest absolute Gasteiger partial charge is 0.0168 e. The fourth-order valence-electron chi connectivity index (χ4n) is 2.22. The minimum Gasteiger partial charge on any atom is -0.325 e. The van der Waals surface area contributed by atoms with Gasteiger partial charge in [0.15, 0.2) is 0 Å². The Morgan fingerprint density at radius 3 is 1.78 bits per heavy atom. The first-order chi connectivity index (χ1) is 4.12. The third kappa shape index (κ3) is 0.802. The molecule has 2 fully saturated rings. The van der Waals surface area contributed by atoms with Gasteiger partial charge in [-0.2, -0.15) is 12.6 Å². The van der Waals surface area contributed by atoms with Crippen LogP contribution in [0.15, 0.2) is 0 Å². The lowest BCUT2D eigenvalue weighted by Crippen LogP contribution is -2.33. The van der Waals surface area contributed by atoms with Gasteiger partial charge in [0, 0.05) is 10.3 Å². The highest BCUT2D eigenvalue weighted by Crippen LogP contribution is 2.52. The predicted octanol–water partition coefficient (Wildman–Crippen LogP) is 1.33. The Balaban J connectivity index is 2.25. The zero-order valence-electron chi connectivity index (χ0n) is 5.56. The first-order valence-electron chi connectivity index (χ1n) is 3.63. The van der Waals surface area contributed by atoms with E-state index in [4.69, 9.17) is 5.73 Å². The van der Waals surface area contributed by atoms with E-state index in [1.165, 1.54) is 25.7 Å². The van der Waals surface area contributed by atoms with Crippen LogP contribution in [-0.2, 0) is 0 Å². The average molecular weight is 143 g/mol. The molecule has 0 aliphatic heterocycles. The monoisotopic (exact) mass is 143 g/mol. The summed E-state index contributed by atoms with van der Waals surface area (Å²) in [5, 5.41) is 0. The van der Waals surface area contributed by atoms with Gasteiger partial charge in [-0.05, 0) is 32.1 Å². The van der Waals surface area contributed by atoms with Crippen molar-refractivity contribution < 1.29 is 0 Å². The molecular weight excluding hydrogens is 130 g/mol. The molecule has 0 saturated heterocycles. The van der Waals surface area contributed by atoms with Crippen molar-refractivity contribution in [3.8, 4) is 0 Å². The van der Waals surface area contributed by atoms with Gasteiger partial charge in [0.05, 0.1) is 0 Å². The molecule has 0 aromatic heterocycles. The van der Waals surface area contributed by atoms with Crippen LogP contribution in [0.2, 0.25) is 0 Å². The van der Waals surface area contributed by atoms with Crippen LogP contribution < -0.4 is 5.73 Å². The summed E-state index contributed by atoms with van der Waals surface area (Å²) < 4.78 is 0.342. The molecule has 1 nitrogen and oxygen atoms in total. The van der Waals surface area contributed by atoms with Crippen molar-refractivity contribution in [2.75, 3.05) is 0 Å². The lowest BCUT2D eigenvalue weighted by atomic mass is 9.95. The summed E-state index contributed by atoms with van der Waals surface area (Å²) in [6.07, 6.45) is 6.05. The maximum atomic E-state index is 6.04. The molecule has 2 aliphatic carbocycles. The van der Waals surface area contributed by atoms with Crippen molar-refractivity contribution in [2.45, 2.75) is 42.4 Å². The van der Waals surface area contributed by atoms with Crippen LogP contribution in [0.4, 0.5) is 0 Å². The van der Waals surface area contributed by atoms with Gasteiger partial charge in [-0.1, -0.05) is 0 Å². The minimum atomic E-state index is 0.196. The van der Waals surface area contributed by atoms with Crippen molar-refractivity contribution >= 4 is 12.6 Å². The number of fused-ring (bicyclic) bond motifs is 2. The average Bonchev–Trinajstić information content (AvgIpc) is 2.19. The second-order valence-electron chi connectivity index (χ2n) is 3.76. The fourth-order valence-corrected chi connectivity index (χ4v) is 2.76.